The fraction of sp³-hybridized carbons (Fsp3) is 0.500. The van der Waals surface area contributed by atoms with Crippen molar-refractivity contribution in [1.82, 2.24) is 4.31 Å². The highest BCUT2D eigenvalue weighted by Crippen LogP contribution is 2.22. The quantitative estimate of drug-likeness (QED) is 0.869. The average molecular weight is 302 g/mol. The maximum atomic E-state index is 12.4. The summed E-state index contributed by atoms with van der Waals surface area (Å²) in [5.74, 6) is 2.35. The number of thioether (sulfide) groups is 1. The Bertz CT molecular complexity index is 496. The summed E-state index contributed by atoms with van der Waals surface area (Å²) in [5.41, 5.74) is 5.34. The van der Waals surface area contributed by atoms with Crippen molar-refractivity contribution >= 4 is 21.8 Å². The number of ether oxygens (including phenoxy) is 1. The molecule has 2 rings (SSSR count). The van der Waals surface area contributed by atoms with Crippen molar-refractivity contribution in [2.45, 2.75) is 4.90 Å². The molecular formula is C12H18N2O3S2. The van der Waals surface area contributed by atoms with Gasteiger partial charge in [-0.05, 0) is 24.3 Å². The average Bonchev–Trinajstić information content (AvgIpc) is 2.46. The molecule has 1 saturated heterocycles. The molecule has 106 valence electrons. The van der Waals surface area contributed by atoms with Crippen LogP contribution in [0.4, 0.5) is 0 Å². The highest BCUT2D eigenvalue weighted by atomic mass is 32.2. The lowest BCUT2D eigenvalue weighted by Crippen LogP contribution is -2.37. The summed E-state index contributed by atoms with van der Waals surface area (Å²) in [7, 11) is -3.36. The van der Waals surface area contributed by atoms with Crippen molar-refractivity contribution in [1.29, 1.82) is 0 Å². The summed E-state index contributed by atoms with van der Waals surface area (Å²) >= 11 is 1.78. The Kier molecular flexibility index (Phi) is 5.09. The summed E-state index contributed by atoms with van der Waals surface area (Å²) in [6.45, 7) is 2.03. The number of hydrogen-bond donors (Lipinski definition) is 1. The molecule has 0 radical (unpaired) electrons. The molecule has 0 aromatic heterocycles. The van der Waals surface area contributed by atoms with Gasteiger partial charge in [-0.3, -0.25) is 0 Å². The van der Waals surface area contributed by atoms with E-state index in [1.807, 2.05) is 0 Å². The van der Waals surface area contributed by atoms with E-state index in [0.717, 1.165) is 11.5 Å². The van der Waals surface area contributed by atoms with E-state index in [0.29, 0.717) is 36.9 Å². The molecule has 19 heavy (non-hydrogen) atoms. The molecule has 0 spiro atoms. The van der Waals surface area contributed by atoms with Crippen molar-refractivity contribution in [3.63, 3.8) is 0 Å². The summed E-state index contributed by atoms with van der Waals surface area (Å²) < 4.78 is 31.6. The van der Waals surface area contributed by atoms with Gasteiger partial charge >= 0.3 is 0 Å². The SMILES string of the molecule is NCCOc1ccc(S(=O)(=O)N2CCSCC2)cc1. The Hall–Kier alpha value is -0.760. The molecule has 1 aromatic carbocycles. The Balaban J connectivity index is 2.11. The standard InChI is InChI=1S/C12H18N2O3S2/c13-5-8-17-11-1-3-12(4-2-11)19(15,16)14-6-9-18-10-7-14/h1-4H,5-10,13H2. The van der Waals surface area contributed by atoms with E-state index in [4.69, 9.17) is 10.5 Å². The molecule has 0 saturated carbocycles. The molecule has 1 fully saturated rings. The van der Waals surface area contributed by atoms with Crippen molar-refractivity contribution < 1.29 is 13.2 Å². The predicted octanol–water partition coefficient (Wildman–Crippen LogP) is 0.762. The van der Waals surface area contributed by atoms with Crippen LogP contribution in [-0.2, 0) is 10.0 Å². The van der Waals surface area contributed by atoms with Crippen LogP contribution in [0.3, 0.4) is 0 Å². The lowest BCUT2D eigenvalue weighted by Gasteiger charge is -2.25. The van der Waals surface area contributed by atoms with Gasteiger partial charge in [0.1, 0.15) is 12.4 Å². The number of nitrogens with two attached hydrogens (primary N) is 1. The van der Waals surface area contributed by atoms with Gasteiger partial charge in [-0.2, -0.15) is 16.1 Å². The van der Waals surface area contributed by atoms with E-state index in [2.05, 4.69) is 0 Å². The third kappa shape index (κ3) is 3.62. The summed E-state index contributed by atoms with van der Waals surface area (Å²) in [5, 5.41) is 0. The first kappa shape index (κ1) is 14.6. The van der Waals surface area contributed by atoms with Gasteiger partial charge < -0.3 is 10.5 Å². The van der Waals surface area contributed by atoms with Gasteiger partial charge in [0, 0.05) is 31.1 Å². The highest BCUT2D eigenvalue weighted by molar-refractivity contribution is 7.99. The van der Waals surface area contributed by atoms with Gasteiger partial charge in [0.25, 0.3) is 0 Å². The molecule has 0 aliphatic carbocycles. The van der Waals surface area contributed by atoms with Crippen LogP contribution < -0.4 is 10.5 Å². The first-order valence-corrected chi connectivity index (χ1v) is 8.75. The Morgan fingerprint density at radius 1 is 1.21 bits per heavy atom. The van der Waals surface area contributed by atoms with Gasteiger partial charge in [0.2, 0.25) is 10.0 Å². The zero-order valence-electron chi connectivity index (χ0n) is 10.6. The largest absolute Gasteiger partial charge is 0.492 e. The smallest absolute Gasteiger partial charge is 0.243 e. The second-order valence-corrected chi connectivity index (χ2v) is 7.29. The lowest BCUT2D eigenvalue weighted by molar-refractivity contribution is 0.328. The molecule has 1 aromatic rings. The fourth-order valence-corrected chi connectivity index (χ4v) is 4.40. The Morgan fingerprint density at radius 3 is 2.42 bits per heavy atom. The number of hydrogen-bond acceptors (Lipinski definition) is 5. The maximum Gasteiger partial charge on any atom is 0.243 e. The molecule has 0 amide bonds. The molecule has 7 heteroatoms. The highest BCUT2D eigenvalue weighted by Gasteiger charge is 2.25. The molecule has 1 aliphatic heterocycles. The molecule has 2 N–H and O–H groups in total. The van der Waals surface area contributed by atoms with Crippen LogP contribution in [0.25, 0.3) is 0 Å². The predicted molar refractivity (Wildman–Crippen MR) is 77.1 cm³/mol. The van der Waals surface area contributed by atoms with Gasteiger partial charge in [-0.1, -0.05) is 0 Å². The van der Waals surface area contributed by atoms with Crippen LogP contribution in [-0.4, -0.2) is 50.5 Å². The van der Waals surface area contributed by atoms with Crippen LogP contribution in [0.15, 0.2) is 29.2 Å². The van der Waals surface area contributed by atoms with E-state index < -0.39 is 10.0 Å². The summed E-state index contributed by atoms with van der Waals surface area (Å²) in [6.07, 6.45) is 0. The first-order chi connectivity index (χ1) is 9.14. The second kappa shape index (κ2) is 6.60. The van der Waals surface area contributed by atoms with Crippen LogP contribution in [0.1, 0.15) is 0 Å². The molecule has 0 atom stereocenters. The van der Waals surface area contributed by atoms with Gasteiger partial charge in [0.05, 0.1) is 4.90 Å². The summed E-state index contributed by atoms with van der Waals surface area (Å²) in [4.78, 5) is 0.319. The third-order valence-corrected chi connectivity index (χ3v) is 5.67. The van der Waals surface area contributed by atoms with Crippen molar-refractivity contribution in [2.24, 2.45) is 5.73 Å². The van der Waals surface area contributed by atoms with Crippen molar-refractivity contribution in [2.75, 3.05) is 37.7 Å². The number of nitrogens with zero attached hydrogens (tertiary/aromatic N) is 1. The van der Waals surface area contributed by atoms with Crippen LogP contribution in [0, 0.1) is 0 Å². The normalized spacial score (nSPS) is 17.3. The Labute approximate surface area is 118 Å². The topological polar surface area (TPSA) is 72.6 Å². The Morgan fingerprint density at radius 2 is 1.84 bits per heavy atom. The number of benzene rings is 1. The molecule has 1 heterocycles. The van der Waals surface area contributed by atoms with E-state index in [1.165, 1.54) is 0 Å². The number of rotatable bonds is 5. The van der Waals surface area contributed by atoms with Crippen molar-refractivity contribution in [3.05, 3.63) is 24.3 Å². The fourth-order valence-electron chi connectivity index (χ4n) is 1.82. The lowest BCUT2D eigenvalue weighted by atomic mass is 10.3. The molecular weight excluding hydrogens is 284 g/mol. The second-order valence-electron chi connectivity index (χ2n) is 4.12. The van der Waals surface area contributed by atoms with Crippen LogP contribution in [0.5, 0.6) is 5.75 Å². The van der Waals surface area contributed by atoms with E-state index in [-0.39, 0.29) is 0 Å². The number of sulfonamides is 1. The zero-order chi connectivity index (χ0) is 13.7. The molecule has 5 nitrogen and oxygen atoms in total. The van der Waals surface area contributed by atoms with Gasteiger partial charge in [-0.25, -0.2) is 8.42 Å². The molecule has 0 bridgehead atoms. The molecule has 0 unspecified atom stereocenters. The summed E-state index contributed by atoms with van der Waals surface area (Å²) in [6, 6.07) is 6.51. The first-order valence-electron chi connectivity index (χ1n) is 6.15. The minimum atomic E-state index is -3.36. The van der Waals surface area contributed by atoms with E-state index in [1.54, 1.807) is 40.3 Å². The monoisotopic (exact) mass is 302 g/mol. The molecule has 1 aliphatic rings. The van der Waals surface area contributed by atoms with Crippen molar-refractivity contribution in [3.8, 4) is 5.75 Å². The van der Waals surface area contributed by atoms with Gasteiger partial charge in [-0.15, -0.1) is 0 Å². The third-order valence-electron chi connectivity index (χ3n) is 2.82. The van der Waals surface area contributed by atoms with Crippen LogP contribution in [0.2, 0.25) is 0 Å². The van der Waals surface area contributed by atoms with E-state index in [9.17, 15) is 8.42 Å². The van der Waals surface area contributed by atoms with Gasteiger partial charge in [0.15, 0.2) is 0 Å². The minimum Gasteiger partial charge on any atom is -0.492 e. The minimum absolute atomic E-state index is 0.319. The van der Waals surface area contributed by atoms with E-state index >= 15 is 0 Å². The van der Waals surface area contributed by atoms with Crippen LogP contribution >= 0.6 is 11.8 Å². The zero-order valence-corrected chi connectivity index (χ0v) is 12.3. The maximum absolute atomic E-state index is 12.4.